The highest BCUT2D eigenvalue weighted by atomic mass is 32.2. The summed E-state index contributed by atoms with van der Waals surface area (Å²) in [6.07, 6.45) is 6.78. The van der Waals surface area contributed by atoms with Crippen molar-refractivity contribution in [2.45, 2.75) is 38.6 Å². The van der Waals surface area contributed by atoms with E-state index in [-0.39, 0.29) is 17.7 Å². The van der Waals surface area contributed by atoms with Gasteiger partial charge in [-0.1, -0.05) is 6.92 Å². The average Bonchev–Trinajstić information content (AvgIpc) is 3.15. The van der Waals surface area contributed by atoms with Gasteiger partial charge in [0.1, 0.15) is 11.2 Å². The SMILES string of the molecule is CCNS(=O)(=O)CC1CCC(N(C)c2c(C(=O)OC)cnc3[nH]ccc23)CC1. The zero-order valence-corrected chi connectivity index (χ0v) is 17.4. The second kappa shape index (κ2) is 8.48. The number of hydrogen-bond donors (Lipinski definition) is 2. The number of sulfonamides is 1. The van der Waals surface area contributed by atoms with Crippen molar-refractivity contribution in [3.05, 3.63) is 24.0 Å². The molecule has 28 heavy (non-hydrogen) atoms. The van der Waals surface area contributed by atoms with Gasteiger partial charge < -0.3 is 14.6 Å². The van der Waals surface area contributed by atoms with Gasteiger partial charge in [0.2, 0.25) is 10.0 Å². The van der Waals surface area contributed by atoms with Gasteiger partial charge in [-0.15, -0.1) is 0 Å². The predicted octanol–water partition coefficient (Wildman–Crippen LogP) is 2.28. The van der Waals surface area contributed by atoms with E-state index < -0.39 is 16.0 Å². The number of hydrogen-bond acceptors (Lipinski definition) is 6. The minimum Gasteiger partial charge on any atom is -0.465 e. The highest BCUT2D eigenvalue weighted by Crippen LogP contribution is 2.35. The van der Waals surface area contributed by atoms with Crippen LogP contribution in [0.5, 0.6) is 0 Å². The second-order valence-corrected chi connectivity index (χ2v) is 9.17. The van der Waals surface area contributed by atoms with E-state index in [1.165, 1.54) is 7.11 Å². The predicted molar refractivity (Wildman–Crippen MR) is 109 cm³/mol. The lowest BCUT2D eigenvalue weighted by molar-refractivity contribution is 0.0601. The third kappa shape index (κ3) is 4.30. The van der Waals surface area contributed by atoms with Gasteiger partial charge in [-0.3, -0.25) is 0 Å². The molecule has 154 valence electrons. The number of methoxy groups -OCH3 is 1. The highest BCUT2D eigenvalue weighted by molar-refractivity contribution is 7.89. The molecular formula is C19H28N4O4S. The van der Waals surface area contributed by atoms with E-state index in [0.717, 1.165) is 42.4 Å². The van der Waals surface area contributed by atoms with Gasteiger partial charge in [-0.05, 0) is 37.7 Å². The molecule has 1 fully saturated rings. The third-order valence-corrected chi connectivity index (χ3v) is 7.14. The Bertz CT molecular complexity index is 933. The molecule has 1 aliphatic carbocycles. The highest BCUT2D eigenvalue weighted by Gasteiger charge is 2.30. The molecule has 9 heteroatoms. The van der Waals surface area contributed by atoms with Crippen molar-refractivity contribution in [3.8, 4) is 0 Å². The number of ether oxygens (including phenoxy) is 1. The maximum atomic E-state index is 12.3. The number of aromatic amines is 1. The Morgan fingerprint density at radius 3 is 2.71 bits per heavy atom. The summed E-state index contributed by atoms with van der Waals surface area (Å²) in [7, 11) is 0.144. The van der Waals surface area contributed by atoms with Crippen LogP contribution in [0, 0.1) is 5.92 Å². The van der Waals surface area contributed by atoms with Crippen molar-refractivity contribution in [3.63, 3.8) is 0 Å². The smallest absolute Gasteiger partial charge is 0.341 e. The summed E-state index contributed by atoms with van der Waals surface area (Å²) in [5, 5.41) is 0.877. The lowest BCUT2D eigenvalue weighted by Crippen LogP contribution is -2.38. The first-order chi connectivity index (χ1) is 13.4. The number of nitrogens with one attached hydrogen (secondary N) is 2. The van der Waals surface area contributed by atoms with Crippen molar-refractivity contribution >= 4 is 32.7 Å². The van der Waals surface area contributed by atoms with Crippen LogP contribution in [0.1, 0.15) is 43.0 Å². The Morgan fingerprint density at radius 1 is 1.36 bits per heavy atom. The molecule has 8 nitrogen and oxygen atoms in total. The van der Waals surface area contributed by atoms with E-state index in [2.05, 4.69) is 19.6 Å². The number of esters is 1. The van der Waals surface area contributed by atoms with Gasteiger partial charge >= 0.3 is 5.97 Å². The molecule has 3 rings (SSSR count). The Balaban J connectivity index is 1.78. The van der Waals surface area contributed by atoms with Crippen LogP contribution in [-0.2, 0) is 14.8 Å². The number of pyridine rings is 1. The minimum absolute atomic E-state index is 0.165. The zero-order valence-electron chi connectivity index (χ0n) is 16.6. The number of H-pyrrole nitrogens is 1. The van der Waals surface area contributed by atoms with Crippen molar-refractivity contribution in [2.75, 3.05) is 31.4 Å². The molecule has 2 heterocycles. The van der Waals surface area contributed by atoms with Crippen LogP contribution in [0.2, 0.25) is 0 Å². The molecular weight excluding hydrogens is 380 g/mol. The van der Waals surface area contributed by atoms with Gasteiger partial charge in [-0.2, -0.15) is 0 Å². The summed E-state index contributed by atoms with van der Waals surface area (Å²) >= 11 is 0. The Hall–Kier alpha value is -2.13. The quantitative estimate of drug-likeness (QED) is 0.681. The molecule has 0 spiro atoms. The molecule has 0 saturated heterocycles. The van der Waals surface area contributed by atoms with Crippen LogP contribution < -0.4 is 9.62 Å². The molecule has 0 amide bonds. The van der Waals surface area contributed by atoms with Gasteiger partial charge in [0, 0.05) is 37.4 Å². The lowest BCUT2D eigenvalue weighted by Gasteiger charge is -2.36. The van der Waals surface area contributed by atoms with E-state index >= 15 is 0 Å². The number of aromatic nitrogens is 2. The molecule has 1 aliphatic rings. The van der Waals surface area contributed by atoms with Crippen LogP contribution in [-0.4, -0.2) is 56.9 Å². The van der Waals surface area contributed by atoms with E-state index in [1.54, 1.807) is 19.3 Å². The van der Waals surface area contributed by atoms with E-state index in [9.17, 15) is 13.2 Å². The molecule has 0 bridgehead atoms. The Kier molecular flexibility index (Phi) is 6.24. The third-order valence-electron chi connectivity index (χ3n) is 5.50. The standard InChI is InChI=1S/C19H28N4O4S/c1-4-22-28(25,26)12-13-5-7-14(8-6-13)23(2)17-15-9-10-20-18(15)21-11-16(17)19(24)27-3/h9-11,13-14,22H,4-8,12H2,1-3H3,(H,20,21). The number of carbonyl (C=O) groups excluding carboxylic acids is 1. The molecule has 0 aromatic carbocycles. The van der Waals surface area contributed by atoms with Crippen molar-refractivity contribution in [2.24, 2.45) is 5.92 Å². The normalized spacial score (nSPS) is 20.2. The Labute approximate surface area is 165 Å². The minimum atomic E-state index is -3.20. The van der Waals surface area contributed by atoms with Crippen molar-refractivity contribution in [1.29, 1.82) is 0 Å². The summed E-state index contributed by atoms with van der Waals surface area (Å²) in [6, 6.07) is 2.14. The van der Waals surface area contributed by atoms with Crippen molar-refractivity contribution in [1.82, 2.24) is 14.7 Å². The fraction of sp³-hybridized carbons (Fsp3) is 0.579. The molecule has 2 aromatic rings. The average molecular weight is 409 g/mol. The molecule has 0 aliphatic heterocycles. The maximum absolute atomic E-state index is 12.3. The molecule has 0 unspecified atom stereocenters. The number of rotatable bonds is 7. The van der Waals surface area contributed by atoms with E-state index in [4.69, 9.17) is 4.74 Å². The first kappa shape index (κ1) is 20.6. The second-order valence-electron chi connectivity index (χ2n) is 7.32. The summed E-state index contributed by atoms with van der Waals surface area (Å²) in [6.45, 7) is 2.21. The number of fused-ring (bicyclic) bond motifs is 1. The molecule has 2 N–H and O–H groups in total. The monoisotopic (exact) mass is 408 g/mol. The molecule has 1 saturated carbocycles. The largest absolute Gasteiger partial charge is 0.465 e. The van der Waals surface area contributed by atoms with Crippen LogP contribution in [0.3, 0.4) is 0 Å². The molecule has 2 aromatic heterocycles. The van der Waals surface area contributed by atoms with Crippen LogP contribution >= 0.6 is 0 Å². The summed E-state index contributed by atoms with van der Waals surface area (Å²) < 4.78 is 31.6. The fourth-order valence-corrected chi connectivity index (χ4v) is 5.62. The van der Waals surface area contributed by atoms with E-state index in [0.29, 0.717) is 12.1 Å². The zero-order chi connectivity index (χ0) is 20.3. The first-order valence-electron chi connectivity index (χ1n) is 9.60. The number of anilines is 1. The molecule has 0 radical (unpaired) electrons. The van der Waals surface area contributed by atoms with Crippen LogP contribution in [0.15, 0.2) is 18.5 Å². The summed E-state index contributed by atoms with van der Waals surface area (Å²) in [4.78, 5) is 21.8. The fourth-order valence-electron chi connectivity index (χ4n) is 4.10. The first-order valence-corrected chi connectivity index (χ1v) is 11.3. The maximum Gasteiger partial charge on any atom is 0.341 e. The van der Waals surface area contributed by atoms with Gasteiger partial charge in [0.25, 0.3) is 0 Å². The van der Waals surface area contributed by atoms with Crippen LogP contribution in [0.4, 0.5) is 5.69 Å². The summed E-state index contributed by atoms with van der Waals surface area (Å²) in [5.74, 6) is -0.0662. The summed E-state index contributed by atoms with van der Waals surface area (Å²) in [5.41, 5.74) is 1.97. The lowest BCUT2D eigenvalue weighted by atomic mass is 9.86. The van der Waals surface area contributed by atoms with Crippen molar-refractivity contribution < 1.29 is 17.9 Å². The van der Waals surface area contributed by atoms with Gasteiger partial charge in [0.15, 0.2) is 0 Å². The van der Waals surface area contributed by atoms with Gasteiger partial charge in [0.05, 0.1) is 18.6 Å². The topological polar surface area (TPSA) is 104 Å². The molecule has 0 atom stereocenters. The number of carbonyl (C=O) groups is 1. The Morgan fingerprint density at radius 2 is 2.07 bits per heavy atom. The van der Waals surface area contributed by atoms with Crippen LogP contribution in [0.25, 0.3) is 11.0 Å². The van der Waals surface area contributed by atoms with Gasteiger partial charge in [-0.25, -0.2) is 22.9 Å². The van der Waals surface area contributed by atoms with E-state index in [1.807, 2.05) is 13.1 Å². The number of nitrogens with zero attached hydrogens (tertiary/aromatic N) is 2.